The molecule has 8 heavy (non-hydrogen) atoms. The largest absolute Gasteiger partial charge is 0.366 e. The van der Waals surface area contributed by atoms with Gasteiger partial charge in [0.25, 0.3) is 0 Å². The van der Waals surface area contributed by atoms with Gasteiger partial charge in [0.2, 0.25) is 5.91 Å². The summed E-state index contributed by atoms with van der Waals surface area (Å²) in [4.78, 5) is 10.0. The van der Waals surface area contributed by atoms with Crippen LogP contribution in [0, 0.1) is 0 Å². The smallest absolute Gasteiger partial charge is 0.241 e. The summed E-state index contributed by atoms with van der Waals surface area (Å²) in [6.45, 7) is 1.97. The second-order valence-electron chi connectivity index (χ2n) is 1.44. The van der Waals surface area contributed by atoms with Crippen LogP contribution in [0.4, 0.5) is 0 Å². The molecule has 0 aromatic carbocycles. The first-order chi connectivity index (χ1) is 3.63. The molecule has 0 aromatic rings. The normalized spacial score (nSPS) is 14.2. The van der Waals surface area contributed by atoms with E-state index in [0.29, 0.717) is 3.92 Å². The molecular formula is C5H8INO. The Kier molecular flexibility index (Phi) is 3.85. The molecule has 0 aliphatic heterocycles. The third kappa shape index (κ3) is 5.94. The molecule has 0 rings (SSSR count). The summed E-state index contributed by atoms with van der Waals surface area (Å²) in [5.41, 5.74) is 4.81. The summed E-state index contributed by atoms with van der Waals surface area (Å²) in [7, 11) is 0. The molecule has 0 aliphatic rings. The molecule has 1 unspecified atom stereocenters. The van der Waals surface area contributed by atoms with E-state index in [9.17, 15) is 4.79 Å². The maximum absolute atomic E-state index is 10.0. The van der Waals surface area contributed by atoms with Crippen molar-refractivity contribution >= 4 is 28.5 Å². The summed E-state index contributed by atoms with van der Waals surface area (Å²) in [6, 6.07) is 0. The zero-order chi connectivity index (χ0) is 6.57. The molecule has 2 N–H and O–H groups in total. The Hall–Kier alpha value is -0.0600. The Labute approximate surface area is 62.3 Å². The van der Waals surface area contributed by atoms with Crippen molar-refractivity contribution < 1.29 is 4.79 Å². The Morgan fingerprint density at radius 2 is 2.38 bits per heavy atom. The minimum absolute atomic E-state index is 0.375. The first kappa shape index (κ1) is 7.94. The highest BCUT2D eigenvalue weighted by Gasteiger charge is 1.86. The van der Waals surface area contributed by atoms with Crippen LogP contribution in [0.15, 0.2) is 12.2 Å². The quantitative estimate of drug-likeness (QED) is 0.422. The highest BCUT2D eigenvalue weighted by molar-refractivity contribution is 14.1. The van der Waals surface area contributed by atoms with Gasteiger partial charge in [-0.3, -0.25) is 4.79 Å². The van der Waals surface area contributed by atoms with Crippen molar-refractivity contribution in [2.75, 3.05) is 0 Å². The molecule has 0 heterocycles. The molecule has 46 valence electrons. The molecule has 2 nitrogen and oxygen atoms in total. The van der Waals surface area contributed by atoms with E-state index >= 15 is 0 Å². The number of hydrogen-bond acceptors (Lipinski definition) is 1. The van der Waals surface area contributed by atoms with Crippen molar-refractivity contribution in [2.45, 2.75) is 10.8 Å². The van der Waals surface area contributed by atoms with Gasteiger partial charge in [0.05, 0.1) is 0 Å². The molecule has 0 bridgehead atoms. The van der Waals surface area contributed by atoms with Crippen molar-refractivity contribution in [3.63, 3.8) is 0 Å². The second kappa shape index (κ2) is 3.88. The maximum atomic E-state index is 10.0. The van der Waals surface area contributed by atoms with Crippen LogP contribution in [-0.2, 0) is 4.79 Å². The van der Waals surface area contributed by atoms with Gasteiger partial charge < -0.3 is 5.73 Å². The van der Waals surface area contributed by atoms with Gasteiger partial charge in [-0.05, 0) is 13.0 Å². The minimum Gasteiger partial charge on any atom is -0.366 e. The number of alkyl halides is 1. The zero-order valence-electron chi connectivity index (χ0n) is 4.60. The Morgan fingerprint density at radius 3 is 2.50 bits per heavy atom. The molecule has 0 spiro atoms. The van der Waals surface area contributed by atoms with Gasteiger partial charge in [-0.25, -0.2) is 0 Å². The number of allylic oxidation sites excluding steroid dienone is 1. The van der Waals surface area contributed by atoms with E-state index in [0.717, 1.165) is 0 Å². The Morgan fingerprint density at radius 1 is 1.88 bits per heavy atom. The fourth-order valence-corrected chi connectivity index (χ4v) is 0.435. The molecule has 1 amide bonds. The Balaban J connectivity index is 3.50. The number of carbonyl (C=O) groups is 1. The molecule has 3 heteroatoms. The third-order valence-electron chi connectivity index (χ3n) is 0.526. The average molecular weight is 225 g/mol. The standard InChI is InChI=1S/C5H8INO/c1-4(6)2-3-5(7)8/h2-4H,1H3,(H2,7,8)/b3-2+. The lowest BCUT2D eigenvalue weighted by Gasteiger charge is -1.86. The highest BCUT2D eigenvalue weighted by atomic mass is 127. The Bertz CT molecular complexity index is 109. The second-order valence-corrected chi connectivity index (χ2v) is 3.40. The van der Waals surface area contributed by atoms with Crippen LogP contribution >= 0.6 is 22.6 Å². The first-order valence-electron chi connectivity index (χ1n) is 2.24. The van der Waals surface area contributed by atoms with E-state index in [1.165, 1.54) is 6.08 Å². The van der Waals surface area contributed by atoms with Gasteiger partial charge in [-0.1, -0.05) is 28.7 Å². The van der Waals surface area contributed by atoms with Crippen LogP contribution in [0.2, 0.25) is 0 Å². The van der Waals surface area contributed by atoms with Crippen LogP contribution in [0.25, 0.3) is 0 Å². The first-order valence-corrected chi connectivity index (χ1v) is 3.49. The van der Waals surface area contributed by atoms with E-state index in [2.05, 4.69) is 22.6 Å². The van der Waals surface area contributed by atoms with Crippen molar-refractivity contribution in [1.82, 2.24) is 0 Å². The summed E-state index contributed by atoms with van der Waals surface area (Å²) >= 11 is 2.18. The maximum Gasteiger partial charge on any atom is 0.241 e. The number of nitrogens with two attached hydrogens (primary N) is 1. The van der Waals surface area contributed by atoms with Gasteiger partial charge >= 0.3 is 0 Å². The molecular weight excluding hydrogens is 217 g/mol. The summed E-state index contributed by atoms with van der Waals surface area (Å²) in [5, 5.41) is 0. The fourth-order valence-electron chi connectivity index (χ4n) is 0.227. The van der Waals surface area contributed by atoms with E-state index < -0.39 is 0 Å². The average Bonchev–Trinajstić information content (AvgIpc) is 1.61. The van der Waals surface area contributed by atoms with Crippen molar-refractivity contribution in [3.8, 4) is 0 Å². The summed E-state index contributed by atoms with van der Waals surface area (Å²) in [5.74, 6) is -0.381. The van der Waals surface area contributed by atoms with Crippen LogP contribution in [0.3, 0.4) is 0 Å². The van der Waals surface area contributed by atoms with E-state index in [1.807, 2.05) is 6.92 Å². The van der Waals surface area contributed by atoms with E-state index in [4.69, 9.17) is 5.73 Å². The van der Waals surface area contributed by atoms with Crippen molar-refractivity contribution in [2.24, 2.45) is 5.73 Å². The lowest BCUT2D eigenvalue weighted by Crippen LogP contribution is -2.06. The van der Waals surface area contributed by atoms with Crippen LogP contribution in [-0.4, -0.2) is 9.83 Å². The molecule has 0 aliphatic carbocycles. The number of rotatable bonds is 2. The third-order valence-corrected chi connectivity index (χ3v) is 0.941. The van der Waals surface area contributed by atoms with Gasteiger partial charge in [0.1, 0.15) is 0 Å². The SMILES string of the molecule is CC(I)/C=C/C(N)=O. The van der Waals surface area contributed by atoms with E-state index in [1.54, 1.807) is 6.08 Å². The topological polar surface area (TPSA) is 43.1 Å². The molecule has 0 aromatic heterocycles. The minimum atomic E-state index is -0.381. The van der Waals surface area contributed by atoms with Gasteiger partial charge in [0, 0.05) is 3.92 Å². The molecule has 0 radical (unpaired) electrons. The van der Waals surface area contributed by atoms with Crippen molar-refractivity contribution in [3.05, 3.63) is 12.2 Å². The van der Waals surface area contributed by atoms with Gasteiger partial charge in [-0.15, -0.1) is 0 Å². The number of carbonyl (C=O) groups excluding carboxylic acids is 1. The monoisotopic (exact) mass is 225 g/mol. The van der Waals surface area contributed by atoms with Crippen LogP contribution in [0.5, 0.6) is 0 Å². The fraction of sp³-hybridized carbons (Fsp3) is 0.400. The predicted octanol–water partition coefficient (Wildman–Crippen LogP) is 0.851. The number of halogens is 1. The highest BCUT2D eigenvalue weighted by Crippen LogP contribution is 1.98. The lowest BCUT2D eigenvalue weighted by atomic mass is 10.4. The van der Waals surface area contributed by atoms with Crippen LogP contribution in [0.1, 0.15) is 6.92 Å². The van der Waals surface area contributed by atoms with Gasteiger partial charge in [0.15, 0.2) is 0 Å². The number of hydrogen-bond donors (Lipinski definition) is 1. The zero-order valence-corrected chi connectivity index (χ0v) is 6.75. The van der Waals surface area contributed by atoms with Crippen LogP contribution < -0.4 is 5.73 Å². The van der Waals surface area contributed by atoms with Gasteiger partial charge in [-0.2, -0.15) is 0 Å². The van der Waals surface area contributed by atoms with E-state index in [-0.39, 0.29) is 5.91 Å². The molecule has 0 fully saturated rings. The predicted molar refractivity (Wildman–Crippen MR) is 41.8 cm³/mol. The summed E-state index contributed by atoms with van der Waals surface area (Å²) in [6.07, 6.45) is 3.12. The number of amides is 1. The number of primary amides is 1. The summed E-state index contributed by atoms with van der Waals surface area (Å²) < 4.78 is 0.375. The molecule has 0 saturated carbocycles. The van der Waals surface area contributed by atoms with Crippen molar-refractivity contribution in [1.29, 1.82) is 0 Å². The lowest BCUT2D eigenvalue weighted by molar-refractivity contribution is -0.113. The molecule has 1 atom stereocenters. The molecule has 0 saturated heterocycles.